The summed E-state index contributed by atoms with van der Waals surface area (Å²) in [4.78, 5) is 22.7. The molecule has 0 radical (unpaired) electrons. The number of carbonyl (C=O) groups is 1. The van der Waals surface area contributed by atoms with Crippen molar-refractivity contribution in [3.05, 3.63) is 101 Å². The predicted molar refractivity (Wildman–Crippen MR) is 258 cm³/mol. The number of hydrogen-bond acceptors (Lipinski definition) is 4. The van der Waals surface area contributed by atoms with Crippen LogP contribution in [0.2, 0.25) is 0 Å². The quantitative estimate of drug-likeness (QED) is 0.114. The largest absolute Gasteiger partial charge is 0.369 e. The molecule has 0 spiro atoms. The summed E-state index contributed by atoms with van der Waals surface area (Å²) in [5, 5.41) is 3.59. The molecule has 7 heteroatoms. The number of anilines is 2. The molecule has 58 heavy (non-hydrogen) atoms. The number of carbonyl (C=O) groups excluding carboxylic acids is 1. The number of H-pyrrole nitrogens is 1. The normalized spacial score (nSPS) is 15.5. The SMILES string of the molecule is C=CPCC(C)C.C=Cc1cc(N2CCN(CCC3CCN(c4c(C)cc(-c5ccc6c(=C/C)/c(=C\CC)[nH]c6c5)cc4F)CC3)CC2)ccc1C(C)=O.CC.CC. The number of aromatic nitrogens is 1. The van der Waals surface area contributed by atoms with E-state index in [0.29, 0.717) is 5.92 Å². The fourth-order valence-corrected chi connectivity index (χ4v) is 8.63. The Hall–Kier alpha value is -3.99. The number of fused-ring (bicyclic) bond motifs is 1. The second kappa shape index (κ2) is 24.8. The Bertz CT molecular complexity index is 2010. The Balaban J connectivity index is 0.000000732. The number of benzene rings is 3. The summed E-state index contributed by atoms with van der Waals surface area (Å²) in [6, 6.07) is 16.4. The van der Waals surface area contributed by atoms with Crippen LogP contribution in [-0.4, -0.2) is 67.6 Å². The second-order valence-electron chi connectivity index (χ2n) is 15.3. The summed E-state index contributed by atoms with van der Waals surface area (Å²) in [7, 11) is 0.959. The number of rotatable bonds is 12. The van der Waals surface area contributed by atoms with E-state index in [4.69, 9.17) is 0 Å². The van der Waals surface area contributed by atoms with E-state index in [2.05, 4.69) is 116 Å². The first-order valence-corrected chi connectivity index (χ1v) is 23.3. The summed E-state index contributed by atoms with van der Waals surface area (Å²) < 4.78 is 15.8. The van der Waals surface area contributed by atoms with Gasteiger partial charge in [0.15, 0.2) is 5.78 Å². The van der Waals surface area contributed by atoms with Gasteiger partial charge in [0.2, 0.25) is 0 Å². The van der Waals surface area contributed by atoms with Crippen LogP contribution in [-0.2, 0) is 0 Å². The number of nitrogens with one attached hydrogen (secondary N) is 1. The van der Waals surface area contributed by atoms with Crippen LogP contribution in [0, 0.1) is 24.6 Å². The molecule has 0 amide bonds. The number of hydrogen-bond donors (Lipinski definition) is 1. The van der Waals surface area contributed by atoms with Crippen LogP contribution in [0.1, 0.15) is 109 Å². The van der Waals surface area contributed by atoms with Gasteiger partial charge in [0.1, 0.15) is 5.82 Å². The molecule has 2 saturated heterocycles. The van der Waals surface area contributed by atoms with Crippen molar-refractivity contribution in [1.82, 2.24) is 9.88 Å². The zero-order chi connectivity index (χ0) is 42.8. The summed E-state index contributed by atoms with van der Waals surface area (Å²) in [5.74, 6) is 3.47. The second-order valence-corrected chi connectivity index (χ2v) is 16.5. The van der Waals surface area contributed by atoms with E-state index in [1.165, 1.54) is 23.2 Å². The van der Waals surface area contributed by atoms with E-state index in [1.807, 2.05) is 39.6 Å². The number of aromatic amines is 1. The average Bonchev–Trinajstić information content (AvgIpc) is 3.60. The van der Waals surface area contributed by atoms with Gasteiger partial charge < -0.3 is 14.8 Å². The van der Waals surface area contributed by atoms with Gasteiger partial charge in [0.05, 0.1) is 5.69 Å². The van der Waals surface area contributed by atoms with Crippen molar-refractivity contribution in [2.75, 3.05) is 61.8 Å². The molecular formula is C51H74FN4OP. The van der Waals surface area contributed by atoms with E-state index in [9.17, 15) is 4.79 Å². The van der Waals surface area contributed by atoms with Crippen LogP contribution >= 0.6 is 8.58 Å². The summed E-state index contributed by atoms with van der Waals surface area (Å²) >= 11 is 0. The van der Waals surface area contributed by atoms with Crippen LogP contribution < -0.4 is 20.4 Å². The predicted octanol–water partition coefficient (Wildman–Crippen LogP) is 12.1. The Morgan fingerprint density at radius 2 is 1.62 bits per heavy atom. The third-order valence-corrected chi connectivity index (χ3v) is 12.3. The minimum atomic E-state index is -0.123. The molecule has 1 N–H and O–H groups in total. The van der Waals surface area contributed by atoms with Gasteiger partial charge >= 0.3 is 0 Å². The molecule has 0 bridgehead atoms. The lowest BCUT2D eigenvalue weighted by Gasteiger charge is -2.38. The fourth-order valence-electron chi connectivity index (χ4n) is 7.99. The lowest BCUT2D eigenvalue weighted by atomic mass is 9.92. The standard InChI is InChI=1S/C41H49FN4O.C6H13P.2C2H6/c1-6-9-39-35(8-3)37-12-10-32(27-40(37)43-39)33-24-28(4)41(38(42)26-33)46-18-15-30(16-19-46)14-17-44-20-22-45(23-21-44)34-11-13-36(29(5)47)31(7-2)25-34;1-4-7-5-6(2)3;2*1-2/h7-13,24-27,30,43H,2,6,14-23H2,1,3-5H3;4,6-7H,1,5H2,2-3H3;2*1-2H3/b35-8-,39-9+;;;. The Morgan fingerprint density at radius 1 is 0.931 bits per heavy atom. The summed E-state index contributed by atoms with van der Waals surface area (Å²) in [5.41, 5.74) is 7.62. The molecular weight excluding hydrogens is 735 g/mol. The van der Waals surface area contributed by atoms with E-state index < -0.39 is 0 Å². The molecule has 3 aromatic carbocycles. The molecule has 4 aromatic rings. The monoisotopic (exact) mass is 809 g/mol. The van der Waals surface area contributed by atoms with Gasteiger partial charge in [-0.2, -0.15) is 0 Å². The van der Waals surface area contributed by atoms with Crippen LogP contribution in [0.3, 0.4) is 0 Å². The third-order valence-electron chi connectivity index (χ3n) is 11.0. The topological polar surface area (TPSA) is 42.6 Å². The van der Waals surface area contributed by atoms with Crippen molar-refractivity contribution in [2.45, 2.75) is 94.9 Å². The molecule has 1 aromatic heterocycles. The number of halogens is 1. The van der Waals surface area contributed by atoms with E-state index in [0.717, 1.165) is 130 Å². The number of nitrogens with zero attached hydrogens (tertiary/aromatic N) is 3. The maximum atomic E-state index is 15.8. The van der Waals surface area contributed by atoms with Gasteiger partial charge in [-0.25, -0.2) is 4.39 Å². The number of ketones is 1. The molecule has 1 unspecified atom stereocenters. The Kier molecular flexibility index (Phi) is 20.7. The van der Waals surface area contributed by atoms with E-state index in [-0.39, 0.29) is 11.6 Å². The highest BCUT2D eigenvalue weighted by Gasteiger charge is 2.25. The maximum Gasteiger partial charge on any atom is 0.160 e. The smallest absolute Gasteiger partial charge is 0.160 e. The molecule has 2 aliphatic rings. The van der Waals surface area contributed by atoms with Gasteiger partial charge in [0.25, 0.3) is 0 Å². The zero-order valence-electron chi connectivity index (χ0n) is 37.6. The minimum Gasteiger partial charge on any atom is -0.369 e. The van der Waals surface area contributed by atoms with Crippen LogP contribution in [0.4, 0.5) is 15.8 Å². The van der Waals surface area contributed by atoms with Crippen molar-refractivity contribution in [3.8, 4) is 11.1 Å². The highest BCUT2D eigenvalue weighted by Crippen LogP contribution is 2.34. The molecule has 2 aliphatic heterocycles. The Labute approximate surface area is 353 Å². The molecule has 316 valence electrons. The summed E-state index contributed by atoms with van der Waals surface area (Å²) in [6.45, 7) is 34.9. The van der Waals surface area contributed by atoms with E-state index >= 15 is 4.39 Å². The third kappa shape index (κ3) is 13.0. The summed E-state index contributed by atoms with van der Waals surface area (Å²) in [6.07, 6.45) is 11.8. The number of Topliss-reactive ketones (excluding diaryl/α,β-unsaturated/α-hetero) is 1. The molecule has 6 rings (SSSR count). The molecule has 0 saturated carbocycles. The van der Waals surface area contributed by atoms with Gasteiger partial charge in [0, 0.05) is 72.0 Å². The van der Waals surface area contributed by atoms with Gasteiger partial charge in [-0.05, 0) is 130 Å². The van der Waals surface area contributed by atoms with Crippen molar-refractivity contribution < 1.29 is 9.18 Å². The first-order valence-electron chi connectivity index (χ1n) is 22.0. The van der Waals surface area contributed by atoms with E-state index in [1.54, 1.807) is 19.1 Å². The van der Waals surface area contributed by atoms with Crippen molar-refractivity contribution in [3.63, 3.8) is 0 Å². The zero-order valence-corrected chi connectivity index (χ0v) is 38.6. The highest BCUT2D eigenvalue weighted by atomic mass is 31.1. The van der Waals surface area contributed by atoms with Crippen LogP contribution in [0.25, 0.3) is 40.3 Å². The number of piperidine rings is 1. The lowest BCUT2D eigenvalue weighted by molar-refractivity contribution is 0.101. The number of aryl methyl sites for hydroxylation is 1. The molecule has 2 fully saturated rings. The van der Waals surface area contributed by atoms with Gasteiger partial charge in [-0.3, -0.25) is 9.69 Å². The van der Waals surface area contributed by atoms with Crippen molar-refractivity contribution in [1.29, 1.82) is 0 Å². The molecule has 1 atom stereocenters. The van der Waals surface area contributed by atoms with Gasteiger partial charge in [-0.15, -0.1) is 0 Å². The van der Waals surface area contributed by atoms with Crippen molar-refractivity contribution in [2.24, 2.45) is 11.8 Å². The average molecular weight is 809 g/mol. The number of piperazine rings is 1. The molecule has 5 nitrogen and oxygen atoms in total. The van der Waals surface area contributed by atoms with Crippen LogP contribution in [0.15, 0.2) is 67.5 Å². The minimum absolute atomic E-state index is 0.0751. The first kappa shape index (κ1) is 48.4. The maximum absolute atomic E-state index is 15.8. The van der Waals surface area contributed by atoms with Crippen LogP contribution in [0.5, 0.6) is 0 Å². The van der Waals surface area contributed by atoms with Crippen molar-refractivity contribution >= 4 is 54.9 Å². The lowest BCUT2D eigenvalue weighted by Crippen LogP contribution is -2.47. The highest BCUT2D eigenvalue weighted by molar-refractivity contribution is 7.41. The first-order chi connectivity index (χ1) is 28.1. The fraction of sp³-hybridized carbons (Fsp3) is 0.471. The Morgan fingerprint density at radius 3 is 2.17 bits per heavy atom. The molecule has 3 heterocycles. The van der Waals surface area contributed by atoms with Gasteiger partial charge in [-0.1, -0.05) is 106 Å². The molecule has 0 aliphatic carbocycles.